The Bertz CT molecular complexity index is 685. The highest BCUT2D eigenvalue weighted by Crippen LogP contribution is 2.13. The third-order valence-corrected chi connectivity index (χ3v) is 3.89. The average molecular weight is 281 g/mol. The van der Waals surface area contributed by atoms with Crippen molar-refractivity contribution < 1.29 is 15.0 Å². The fourth-order valence-corrected chi connectivity index (χ4v) is 2.75. The fraction of sp³-hybridized carbons (Fsp3) is 0.364. The molecule has 100 valence electrons. The Balaban J connectivity index is 1.98. The quantitative estimate of drug-likeness (QED) is 0.694. The highest BCUT2D eigenvalue weighted by atomic mass is 32.1. The molecule has 1 fully saturated rings. The van der Waals surface area contributed by atoms with Crippen LogP contribution in [0.3, 0.4) is 0 Å². The number of carbonyl (C=O) groups excluding carboxylic acids is 1. The summed E-state index contributed by atoms with van der Waals surface area (Å²) in [5.41, 5.74) is -0.496. The highest BCUT2D eigenvalue weighted by Gasteiger charge is 2.34. The zero-order valence-corrected chi connectivity index (χ0v) is 10.6. The van der Waals surface area contributed by atoms with E-state index in [1.54, 1.807) is 11.6 Å². The summed E-state index contributed by atoms with van der Waals surface area (Å²) in [4.78, 5) is 30.1. The van der Waals surface area contributed by atoms with Gasteiger partial charge in [-0.3, -0.25) is 14.0 Å². The molecule has 1 aliphatic rings. The zero-order chi connectivity index (χ0) is 13.6. The molecular weight excluding hydrogens is 270 g/mol. The summed E-state index contributed by atoms with van der Waals surface area (Å²) in [5.74, 6) is -0.520. The lowest BCUT2D eigenvalue weighted by Crippen LogP contribution is -2.35. The second-order valence-corrected chi connectivity index (χ2v) is 5.25. The average Bonchev–Trinajstić information content (AvgIpc) is 2.97. The minimum Gasteiger partial charge on any atom is -0.388 e. The van der Waals surface area contributed by atoms with Gasteiger partial charge in [-0.25, -0.2) is 4.98 Å². The molecule has 19 heavy (non-hydrogen) atoms. The van der Waals surface area contributed by atoms with Gasteiger partial charge < -0.3 is 15.1 Å². The molecule has 3 rings (SSSR count). The Morgan fingerprint density at radius 3 is 2.74 bits per heavy atom. The predicted octanol–water partition coefficient (Wildman–Crippen LogP) is -1.07. The van der Waals surface area contributed by atoms with Crippen LogP contribution in [0.5, 0.6) is 0 Å². The van der Waals surface area contributed by atoms with E-state index < -0.39 is 23.7 Å². The van der Waals surface area contributed by atoms with Gasteiger partial charge in [0.2, 0.25) is 0 Å². The molecule has 0 bridgehead atoms. The number of aliphatic hydroxyl groups excluding tert-OH is 2. The molecule has 2 N–H and O–H groups in total. The van der Waals surface area contributed by atoms with E-state index >= 15 is 0 Å². The maximum Gasteiger partial charge on any atom is 0.271 e. The van der Waals surface area contributed by atoms with E-state index in [0.29, 0.717) is 4.96 Å². The molecule has 2 unspecified atom stereocenters. The van der Waals surface area contributed by atoms with Crippen LogP contribution < -0.4 is 5.56 Å². The highest BCUT2D eigenvalue weighted by molar-refractivity contribution is 7.15. The van der Waals surface area contributed by atoms with Crippen molar-refractivity contribution in [1.29, 1.82) is 0 Å². The molecule has 2 aromatic rings. The number of hydrogen-bond acceptors (Lipinski definition) is 6. The monoisotopic (exact) mass is 281 g/mol. The van der Waals surface area contributed by atoms with Crippen LogP contribution in [0.2, 0.25) is 0 Å². The molecule has 0 aliphatic carbocycles. The topological polar surface area (TPSA) is 95.1 Å². The number of rotatable bonds is 1. The van der Waals surface area contributed by atoms with E-state index in [0.717, 1.165) is 0 Å². The van der Waals surface area contributed by atoms with Gasteiger partial charge >= 0.3 is 0 Å². The Morgan fingerprint density at radius 2 is 2.05 bits per heavy atom. The van der Waals surface area contributed by atoms with Crippen molar-refractivity contribution in [3.8, 4) is 0 Å². The summed E-state index contributed by atoms with van der Waals surface area (Å²) in [6.07, 6.45) is 0.863. The zero-order valence-electron chi connectivity index (χ0n) is 9.76. The summed E-state index contributed by atoms with van der Waals surface area (Å²) in [7, 11) is 0. The maximum absolute atomic E-state index is 12.2. The summed E-state index contributed by atoms with van der Waals surface area (Å²) in [6, 6.07) is 0. The smallest absolute Gasteiger partial charge is 0.271 e. The van der Waals surface area contributed by atoms with Crippen LogP contribution in [-0.4, -0.2) is 55.7 Å². The van der Waals surface area contributed by atoms with Crippen molar-refractivity contribution in [3.05, 3.63) is 33.7 Å². The van der Waals surface area contributed by atoms with Crippen LogP contribution in [0.15, 0.2) is 22.6 Å². The molecule has 0 spiro atoms. The number of hydrogen-bond donors (Lipinski definition) is 2. The van der Waals surface area contributed by atoms with Crippen molar-refractivity contribution in [2.75, 3.05) is 13.1 Å². The lowest BCUT2D eigenvalue weighted by atomic mass is 10.3. The van der Waals surface area contributed by atoms with Gasteiger partial charge in [-0.2, -0.15) is 0 Å². The number of aromatic nitrogens is 2. The summed E-state index contributed by atoms with van der Waals surface area (Å²) < 4.78 is 1.31. The number of thiazole rings is 1. The lowest BCUT2D eigenvalue weighted by molar-refractivity contribution is 0.0572. The maximum atomic E-state index is 12.2. The van der Waals surface area contributed by atoms with Gasteiger partial charge in [0.15, 0.2) is 4.96 Å². The van der Waals surface area contributed by atoms with Crippen LogP contribution >= 0.6 is 11.3 Å². The second kappa shape index (κ2) is 4.41. The van der Waals surface area contributed by atoms with Crippen molar-refractivity contribution in [2.24, 2.45) is 0 Å². The molecular formula is C11H11N3O4S. The minimum atomic E-state index is -0.968. The molecule has 0 saturated carbocycles. The van der Waals surface area contributed by atoms with Gasteiger partial charge in [0.25, 0.3) is 11.5 Å². The predicted molar refractivity (Wildman–Crippen MR) is 67.3 cm³/mol. The standard InChI is InChI=1S/C11H11N3O4S/c15-7-4-13(5-8(7)16)9(17)6-3-12-11-14(10(6)18)1-2-19-11/h1-3,7-8,15-16H,4-5H2. The molecule has 0 radical (unpaired) electrons. The molecule has 3 heterocycles. The molecule has 1 amide bonds. The number of nitrogens with zero attached hydrogens (tertiary/aromatic N) is 3. The van der Waals surface area contributed by atoms with E-state index in [2.05, 4.69) is 4.98 Å². The number of fused-ring (bicyclic) bond motifs is 1. The van der Waals surface area contributed by atoms with Gasteiger partial charge in [0, 0.05) is 30.9 Å². The van der Waals surface area contributed by atoms with Gasteiger partial charge in [0.1, 0.15) is 5.56 Å². The first kappa shape index (κ1) is 12.3. The second-order valence-electron chi connectivity index (χ2n) is 4.38. The first-order valence-electron chi connectivity index (χ1n) is 5.68. The molecule has 8 heteroatoms. The van der Waals surface area contributed by atoms with Crippen LogP contribution in [0.1, 0.15) is 10.4 Å². The Morgan fingerprint density at radius 1 is 1.37 bits per heavy atom. The molecule has 2 aromatic heterocycles. The van der Waals surface area contributed by atoms with Gasteiger partial charge in [-0.05, 0) is 0 Å². The van der Waals surface area contributed by atoms with Crippen molar-refractivity contribution >= 4 is 22.2 Å². The Labute approximate surface area is 111 Å². The molecule has 2 atom stereocenters. The number of β-amino-alcohol motifs (C(OH)–C–C–N with tert-alkyl or cyclic N) is 2. The van der Waals surface area contributed by atoms with Gasteiger partial charge in [-0.15, -0.1) is 11.3 Å². The SMILES string of the molecule is O=C(c1cnc2sccn2c1=O)N1CC(O)C(O)C1. The molecule has 1 aliphatic heterocycles. The molecule has 1 saturated heterocycles. The first-order valence-corrected chi connectivity index (χ1v) is 6.56. The van der Waals surface area contributed by atoms with Crippen LogP contribution in [0.25, 0.3) is 4.96 Å². The minimum absolute atomic E-state index is 0.0196. The van der Waals surface area contributed by atoms with Crippen LogP contribution in [0, 0.1) is 0 Å². The molecule has 7 nitrogen and oxygen atoms in total. The number of likely N-dealkylation sites (tertiary alicyclic amines) is 1. The van der Waals surface area contributed by atoms with Crippen molar-refractivity contribution in [1.82, 2.24) is 14.3 Å². The van der Waals surface area contributed by atoms with Crippen molar-refractivity contribution in [3.63, 3.8) is 0 Å². The van der Waals surface area contributed by atoms with Crippen LogP contribution in [-0.2, 0) is 0 Å². The molecule has 0 aromatic carbocycles. The summed E-state index contributed by atoms with van der Waals surface area (Å²) in [5, 5.41) is 20.6. The normalized spacial score (nSPS) is 23.2. The summed E-state index contributed by atoms with van der Waals surface area (Å²) >= 11 is 1.30. The Hall–Kier alpha value is -1.77. The summed E-state index contributed by atoms with van der Waals surface area (Å²) in [6.45, 7) is 0.0392. The fourth-order valence-electron chi connectivity index (χ4n) is 2.08. The van der Waals surface area contributed by atoms with Crippen LogP contribution in [0.4, 0.5) is 0 Å². The third kappa shape index (κ3) is 1.93. The number of aliphatic hydroxyl groups is 2. The largest absolute Gasteiger partial charge is 0.388 e. The Kier molecular flexibility index (Phi) is 2.85. The third-order valence-electron chi connectivity index (χ3n) is 3.12. The van der Waals surface area contributed by atoms with E-state index in [-0.39, 0.29) is 18.7 Å². The van der Waals surface area contributed by atoms with Crippen molar-refractivity contribution in [2.45, 2.75) is 12.2 Å². The lowest BCUT2D eigenvalue weighted by Gasteiger charge is -2.14. The van der Waals surface area contributed by atoms with Gasteiger partial charge in [0.05, 0.1) is 12.2 Å². The van der Waals surface area contributed by atoms with E-state index in [1.165, 1.54) is 26.8 Å². The first-order chi connectivity index (χ1) is 9.08. The van der Waals surface area contributed by atoms with E-state index in [1.807, 2.05) is 0 Å². The van der Waals surface area contributed by atoms with Gasteiger partial charge in [-0.1, -0.05) is 0 Å². The van der Waals surface area contributed by atoms with E-state index in [9.17, 15) is 19.8 Å². The van der Waals surface area contributed by atoms with E-state index in [4.69, 9.17) is 0 Å². The number of carbonyl (C=O) groups is 1. The number of amides is 1.